The van der Waals surface area contributed by atoms with E-state index in [9.17, 15) is 4.79 Å². The van der Waals surface area contributed by atoms with E-state index < -0.39 is 0 Å². The predicted octanol–water partition coefficient (Wildman–Crippen LogP) is 3.57. The van der Waals surface area contributed by atoms with E-state index in [1.165, 1.54) is 0 Å². The molecule has 0 atom stereocenters. The topological polar surface area (TPSA) is 20.3 Å². The van der Waals surface area contributed by atoms with Crippen LogP contribution in [0.4, 0.5) is 5.69 Å². The largest absolute Gasteiger partial charge is 0.311 e. The number of amides is 1. The van der Waals surface area contributed by atoms with Gasteiger partial charge >= 0.3 is 0 Å². The van der Waals surface area contributed by atoms with E-state index in [4.69, 9.17) is 23.2 Å². The summed E-state index contributed by atoms with van der Waals surface area (Å²) in [5, 5.41) is 0.659. The lowest BCUT2D eigenvalue weighted by molar-refractivity contribution is -0.116. The number of nitrogens with zero attached hydrogens (tertiary/aromatic N) is 1. The van der Waals surface area contributed by atoms with Gasteiger partial charge in [-0.25, -0.2) is 0 Å². The minimum Gasteiger partial charge on any atom is -0.311 e. The number of hydrogen-bond donors (Lipinski definition) is 0. The highest BCUT2D eigenvalue weighted by Gasteiger charge is 2.15. The first-order chi connectivity index (χ1) is 7.54. The number of anilines is 1. The quantitative estimate of drug-likeness (QED) is 0.758. The highest BCUT2D eigenvalue weighted by Crippen LogP contribution is 2.19. The third-order valence-corrected chi connectivity index (χ3v) is 2.58. The van der Waals surface area contributed by atoms with Gasteiger partial charge in [0.2, 0.25) is 5.91 Å². The zero-order chi connectivity index (χ0) is 12.1. The Hall–Kier alpha value is -0.730. The second kappa shape index (κ2) is 6.12. The number of benzene rings is 1. The van der Waals surface area contributed by atoms with E-state index in [-0.39, 0.29) is 11.8 Å². The van der Waals surface area contributed by atoms with Gasteiger partial charge in [0.15, 0.2) is 0 Å². The van der Waals surface area contributed by atoms with E-state index in [0.717, 1.165) is 5.69 Å². The van der Waals surface area contributed by atoms with Crippen molar-refractivity contribution < 1.29 is 4.79 Å². The van der Waals surface area contributed by atoms with Crippen LogP contribution in [0.1, 0.15) is 13.8 Å². The number of carbonyl (C=O) groups excluding carboxylic acids is 1. The van der Waals surface area contributed by atoms with Crippen LogP contribution in [-0.4, -0.2) is 18.3 Å². The number of alkyl halides is 1. The van der Waals surface area contributed by atoms with E-state index in [2.05, 4.69) is 13.8 Å². The molecule has 0 saturated carbocycles. The maximum atomic E-state index is 11.7. The van der Waals surface area contributed by atoms with Gasteiger partial charge in [-0.3, -0.25) is 4.79 Å². The van der Waals surface area contributed by atoms with E-state index >= 15 is 0 Å². The highest BCUT2D eigenvalue weighted by molar-refractivity contribution is 6.31. The lowest BCUT2D eigenvalue weighted by Gasteiger charge is -2.23. The van der Waals surface area contributed by atoms with Crippen LogP contribution in [0.5, 0.6) is 0 Å². The van der Waals surface area contributed by atoms with Crippen molar-refractivity contribution in [3.8, 4) is 0 Å². The molecule has 2 nitrogen and oxygen atoms in total. The third kappa shape index (κ3) is 3.69. The van der Waals surface area contributed by atoms with Crippen molar-refractivity contribution in [1.29, 1.82) is 0 Å². The van der Waals surface area contributed by atoms with Gasteiger partial charge in [-0.15, -0.1) is 11.6 Å². The van der Waals surface area contributed by atoms with Gasteiger partial charge in [0.1, 0.15) is 5.88 Å². The molecule has 0 N–H and O–H groups in total. The average molecular weight is 260 g/mol. The molecule has 16 heavy (non-hydrogen) atoms. The van der Waals surface area contributed by atoms with Crippen LogP contribution in [0.15, 0.2) is 24.3 Å². The third-order valence-electron chi connectivity index (χ3n) is 2.10. The normalized spacial score (nSPS) is 10.6. The molecule has 0 aliphatic heterocycles. The first-order valence-corrected chi connectivity index (χ1v) is 6.07. The molecule has 0 aliphatic rings. The summed E-state index contributed by atoms with van der Waals surface area (Å²) < 4.78 is 0. The lowest BCUT2D eigenvalue weighted by Crippen LogP contribution is -2.35. The fourth-order valence-corrected chi connectivity index (χ4v) is 1.68. The molecule has 0 saturated heterocycles. The molecule has 1 aromatic rings. The van der Waals surface area contributed by atoms with Crippen molar-refractivity contribution in [2.24, 2.45) is 5.92 Å². The summed E-state index contributed by atoms with van der Waals surface area (Å²) in [5.74, 6) is 0.301. The summed E-state index contributed by atoms with van der Waals surface area (Å²) in [6.07, 6.45) is 0. The fourth-order valence-electron chi connectivity index (χ4n) is 1.41. The second-order valence-electron chi connectivity index (χ2n) is 4.01. The molecular weight excluding hydrogens is 245 g/mol. The average Bonchev–Trinajstić information content (AvgIpc) is 2.26. The van der Waals surface area contributed by atoms with Crippen molar-refractivity contribution >= 4 is 34.8 Å². The summed E-state index contributed by atoms with van der Waals surface area (Å²) in [5.41, 5.74) is 0.837. The molecule has 0 heterocycles. The Labute approximate surface area is 106 Å². The number of hydrogen-bond acceptors (Lipinski definition) is 1. The van der Waals surface area contributed by atoms with Gasteiger partial charge in [-0.2, -0.15) is 0 Å². The standard InChI is InChI=1S/C12H15Cl2NO/c1-9(2)8-15(12(16)7-13)11-5-3-10(14)4-6-11/h3-6,9H,7-8H2,1-2H3. The van der Waals surface area contributed by atoms with Gasteiger partial charge < -0.3 is 4.90 Å². The van der Waals surface area contributed by atoms with E-state index in [0.29, 0.717) is 17.5 Å². The highest BCUT2D eigenvalue weighted by atomic mass is 35.5. The molecule has 0 fully saturated rings. The molecule has 1 aromatic carbocycles. The van der Waals surface area contributed by atoms with Crippen molar-refractivity contribution in [2.75, 3.05) is 17.3 Å². The summed E-state index contributed by atoms with van der Waals surface area (Å²) in [6, 6.07) is 7.20. The van der Waals surface area contributed by atoms with Crippen molar-refractivity contribution in [2.45, 2.75) is 13.8 Å². The predicted molar refractivity (Wildman–Crippen MR) is 69.4 cm³/mol. The zero-order valence-electron chi connectivity index (χ0n) is 9.41. The van der Waals surface area contributed by atoms with Crippen LogP contribution in [-0.2, 0) is 4.79 Å². The van der Waals surface area contributed by atoms with E-state index in [1.807, 2.05) is 12.1 Å². The maximum absolute atomic E-state index is 11.7. The van der Waals surface area contributed by atoms with Crippen LogP contribution in [0.25, 0.3) is 0 Å². The maximum Gasteiger partial charge on any atom is 0.241 e. The molecule has 0 bridgehead atoms. The molecule has 0 spiro atoms. The van der Waals surface area contributed by atoms with Crippen molar-refractivity contribution in [1.82, 2.24) is 0 Å². The minimum absolute atomic E-state index is 0.00462. The molecule has 1 rings (SSSR count). The molecule has 0 aliphatic carbocycles. The number of halogens is 2. The van der Waals surface area contributed by atoms with Crippen LogP contribution >= 0.6 is 23.2 Å². The first kappa shape index (κ1) is 13.3. The Morgan fingerprint density at radius 1 is 1.31 bits per heavy atom. The summed E-state index contributed by atoms with van der Waals surface area (Å²) in [7, 11) is 0. The summed E-state index contributed by atoms with van der Waals surface area (Å²) in [4.78, 5) is 13.4. The van der Waals surface area contributed by atoms with Crippen LogP contribution in [0.3, 0.4) is 0 Å². The molecule has 0 aromatic heterocycles. The second-order valence-corrected chi connectivity index (χ2v) is 4.71. The van der Waals surface area contributed by atoms with Gasteiger partial charge in [-0.05, 0) is 30.2 Å². The van der Waals surface area contributed by atoms with E-state index in [1.54, 1.807) is 17.0 Å². The smallest absolute Gasteiger partial charge is 0.241 e. The minimum atomic E-state index is -0.0855. The Morgan fingerprint density at radius 2 is 1.88 bits per heavy atom. The van der Waals surface area contributed by atoms with Crippen LogP contribution in [0.2, 0.25) is 5.02 Å². The van der Waals surface area contributed by atoms with Crippen molar-refractivity contribution in [3.63, 3.8) is 0 Å². The summed E-state index contributed by atoms with van der Waals surface area (Å²) >= 11 is 11.4. The Morgan fingerprint density at radius 3 is 2.31 bits per heavy atom. The fraction of sp³-hybridized carbons (Fsp3) is 0.417. The molecule has 1 amide bonds. The van der Waals surface area contributed by atoms with Crippen molar-refractivity contribution in [3.05, 3.63) is 29.3 Å². The van der Waals surface area contributed by atoms with Crippen LogP contribution < -0.4 is 4.90 Å². The Bertz CT molecular complexity index is 349. The summed E-state index contributed by atoms with van der Waals surface area (Å²) in [6.45, 7) is 4.78. The molecule has 4 heteroatoms. The SMILES string of the molecule is CC(C)CN(C(=O)CCl)c1ccc(Cl)cc1. The van der Waals surface area contributed by atoms with Crippen LogP contribution in [0, 0.1) is 5.92 Å². The molecule has 88 valence electrons. The Balaban J connectivity index is 2.91. The van der Waals surface area contributed by atoms with Gasteiger partial charge in [0.25, 0.3) is 0 Å². The lowest BCUT2D eigenvalue weighted by atomic mass is 10.2. The zero-order valence-corrected chi connectivity index (χ0v) is 10.9. The van der Waals surface area contributed by atoms with Gasteiger partial charge in [-0.1, -0.05) is 25.4 Å². The molecular formula is C12H15Cl2NO. The molecule has 0 radical (unpaired) electrons. The molecule has 0 unspecified atom stereocenters. The number of carbonyl (C=O) groups is 1. The monoisotopic (exact) mass is 259 g/mol. The number of rotatable bonds is 4. The van der Waals surface area contributed by atoms with Gasteiger partial charge in [0.05, 0.1) is 0 Å². The van der Waals surface area contributed by atoms with Gasteiger partial charge in [0, 0.05) is 17.3 Å². The first-order valence-electron chi connectivity index (χ1n) is 5.16. The Kier molecular flexibility index (Phi) is 5.10.